The van der Waals surface area contributed by atoms with Crippen molar-refractivity contribution in [2.45, 2.75) is 32.6 Å². The Hall–Kier alpha value is -0.900. The SMILES string of the molecule is CCCC(=O)C(=O)N1CCCCN1. The van der Waals surface area contributed by atoms with Gasteiger partial charge in [-0.05, 0) is 19.3 Å². The van der Waals surface area contributed by atoms with Crippen molar-refractivity contribution in [2.75, 3.05) is 13.1 Å². The predicted molar refractivity (Wildman–Crippen MR) is 48.9 cm³/mol. The van der Waals surface area contributed by atoms with Gasteiger partial charge >= 0.3 is 5.91 Å². The average Bonchev–Trinajstić information content (AvgIpc) is 2.18. The van der Waals surface area contributed by atoms with Gasteiger partial charge in [0, 0.05) is 19.5 Å². The summed E-state index contributed by atoms with van der Waals surface area (Å²) in [7, 11) is 0. The van der Waals surface area contributed by atoms with Crippen LogP contribution in [0.25, 0.3) is 0 Å². The van der Waals surface area contributed by atoms with Gasteiger partial charge in [0.05, 0.1) is 0 Å². The van der Waals surface area contributed by atoms with Gasteiger partial charge in [0.15, 0.2) is 0 Å². The number of amides is 1. The number of rotatable bonds is 3. The number of nitrogens with one attached hydrogen (secondary N) is 1. The van der Waals surface area contributed by atoms with Crippen molar-refractivity contribution in [3.05, 3.63) is 0 Å². The molecule has 0 saturated carbocycles. The number of carbonyl (C=O) groups is 2. The third-order valence-corrected chi connectivity index (χ3v) is 2.07. The standard InChI is InChI=1S/C9H16N2O2/c1-2-5-8(12)9(13)11-7-4-3-6-10-11/h10H,2-7H2,1H3. The molecule has 1 amide bonds. The van der Waals surface area contributed by atoms with Gasteiger partial charge in [0.25, 0.3) is 0 Å². The molecule has 0 unspecified atom stereocenters. The molecule has 1 fully saturated rings. The fourth-order valence-electron chi connectivity index (χ4n) is 1.35. The van der Waals surface area contributed by atoms with Crippen LogP contribution in [0.4, 0.5) is 0 Å². The number of nitrogens with zero attached hydrogens (tertiary/aromatic N) is 1. The Kier molecular flexibility index (Phi) is 3.89. The molecule has 4 nitrogen and oxygen atoms in total. The molecule has 0 atom stereocenters. The Morgan fingerprint density at radius 1 is 1.38 bits per heavy atom. The summed E-state index contributed by atoms with van der Waals surface area (Å²) in [6.45, 7) is 3.36. The van der Waals surface area contributed by atoms with Crippen LogP contribution in [0.1, 0.15) is 32.6 Å². The zero-order valence-corrected chi connectivity index (χ0v) is 8.01. The summed E-state index contributed by atoms with van der Waals surface area (Å²) < 4.78 is 0. The topological polar surface area (TPSA) is 49.4 Å². The van der Waals surface area contributed by atoms with E-state index in [0.29, 0.717) is 13.0 Å². The highest BCUT2D eigenvalue weighted by atomic mass is 16.2. The molecule has 1 N–H and O–H groups in total. The van der Waals surface area contributed by atoms with Gasteiger partial charge in [-0.15, -0.1) is 0 Å². The second kappa shape index (κ2) is 4.97. The molecule has 4 heteroatoms. The number of carbonyl (C=O) groups excluding carboxylic acids is 2. The largest absolute Gasteiger partial charge is 0.304 e. The van der Waals surface area contributed by atoms with Gasteiger partial charge in [-0.3, -0.25) is 14.6 Å². The number of hydrazine groups is 1. The number of ketones is 1. The first kappa shape index (κ1) is 10.2. The Balaban J connectivity index is 2.40. The molecule has 1 rings (SSSR count). The predicted octanol–water partition coefficient (Wildman–Crippen LogP) is 0.483. The first-order chi connectivity index (χ1) is 6.25. The molecule has 0 aromatic carbocycles. The minimum absolute atomic E-state index is 0.281. The molecule has 1 saturated heterocycles. The maximum Gasteiger partial charge on any atom is 0.304 e. The minimum atomic E-state index is -0.374. The van der Waals surface area contributed by atoms with E-state index in [0.717, 1.165) is 25.8 Å². The van der Waals surface area contributed by atoms with E-state index < -0.39 is 0 Å². The number of hydrogen-bond acceptors (Lipinski definition) is 3. The van der Waals surface area contributed by atoms with Gasteiger partial charge in [-0.25, -0.2) is 5.43 Å². The lowest BCUT2D eigenvalue weighted by molar-refractivity contribution is -0.147. The van der Waals surface area contributed by atoms with E-state index in [1.807, 2.05) is 6.92 Å². The van der Waals surface area contributed by atoms with Crippen LogP contribution in [-0.2, 0) is 9.59 Å². The van der Waals surface area contributed by atoms with Crippen molar-refractivity contribution in [3.8, 4) is 0 Å². The lowest BCUT2D eigenvalue weighted by atomic mass is 10.2. The van der Waals surface area contributed by atoms with Gasteiger partial charge < -0.3 is 0 Å². The van der Waals surface area contributed by atoms with Crippen molar-refractivity contribution in [2.24, 2.45) is 0 Å². The summed E-state index contributed by atoms with van der Waals surface area (Å²) in [6, 6.07) is 0. The Labute approximate surface area is 78.3 Å². The Morgan fingerprint density at radius 2 is 2.15 bits per heavy atom. The fourth-order valence-corrected chi connectivity index (χ4v) is 1.35. The van der Waals surface area contributed by atoms with Crippen LogP contribution in [0.3, 0.4) is 0 Å². The van der Waals surface area contributed by atoms with Crippen LogP contribution in [0.5, 0.6) is 0 Å². The van der Waals surface area contributed by atoms with Gasteiger partial charge in [0.2, 0.25) is 5.78 Å². The molecular formula is C9H16N2O2. The molecule has 0 spiro atoms. The number of Topliss-reactive ketones (excluding diaryl/α,β-unsaturated/α-hetero) is 1. The fraction of sp³-hybridized carbons (Fsp3) is 0.778. The summed E-state index contributed by atoms with van der Waals surface area (Å²) >= 11 is 0. The summed E-state index contributed by atoms with van der Waals surface area (Å²) in [5, 5.41) is 1.45. The maximum absolute atomic E-state index is 11.4. The zero-order chi connectivity index (χ0) is 9.68. The van der Waals surface area contributed by atoms with Crippen LogP contribution in [0.15, 0.2) is 0 Å². The molecule has 1 aliphatic rings. The van der Waals surface area contributed by atoms with Crippen LogP contribution < -0.4 is 5.43 Å². The molecule has 0 bridgehead atoms. The van der Waals surface area contributed by atoms with Gasteiger partial charge in [-0.1, -0.05) is 6.92 Å². The van der Waals surface area contributed by atoms with E-state index in [1.54, 1.807) is 0 Å². The molecule has 1 heterocycles. The monoisotopic (exact) mass is 184 g/mol. The lowest BCUT2D eigenvalue weighted by Crippen LogP contribution is -2.49. The smallest absolute Gasteiger partial charge is 0.289 e. The maximum atomic E-state index is 11.4. The third-order valence-electron chi connectivity index (χ3n) is 2.07. The highest BCUT2D eigenvalue weighted by Gasteiger charge is 2.21. The quantitative estimate of drug-likeness (QED) is 0.649. The second-order valence-electron chi connectivity index (χ2n) is 3.25. The molecule has 0 radical (unpaired) electrons. The van der Waals surface area contributed by atoms with Crippen LogP contribution >= 0.6 is 0 Å². The van der Waals surface area contributed by atoms with Gasteiger partial charge in [-0.2, -0.15) is 0 Å². The van der Waals surface area contributed by atoms with Crippen molar-refractivity contribution < 1.29 is 9.59 Å². The minimum Gasteiger partial charge on any atom is -0.289 e. The lowest BCUT2D eigenvalue weighted by Gasteiger charge is -2.26. The van der Waals surface area contributed by atoms with Crippen molar-refractivity contribution in [1.29, 1.82) is 0 Å². The molecular weight excluding hydrogens is 168 g/mol. The van der Waals surface area contributed by atoms with E-state index in [9.17, 15) is 9.59 Å². The van der Waals surface area contributed by atoms with Gasteiger partial charge in [0.1, 0.15) is 0 Å². The second-order valence-corrected chi connectivity index (χ2v) is 3.25. The molecule has 13 heavy (non-hydrogen) atoms. The van der Waals surface area contributed by atoms with Crippen LogP contribution in [-0.4, -0.2) is 29.8 Å². The van der Waals surface area contributed by atoms with Crippen LogP contribution in [0.2, 0.25) is 0 Å². The van der Waals surface area contributed by atoms with E-state index in [1.165, 1.54) is 5.01 Å². The first-order valence-corrected chi connectivity index (χ1v) is 4.84. The molecule has 0 aromatic rings. The van der Waals surface area contributed by atoms with E-state index >= 15 is 0 Å². The van der Waals surface area contributed by atoms with E-state index in [2.05, 4.69) is 5.43 Å². The summed E-state index contributed by atoms with van der Waals surface area (Å²) in [4.78, 5) is 22.6. The molecule has 0 aromatic heterocycles. The van der Waals surface area contributed by atoms with Crippen molar-refractivity contribution in [1.82, 2.24) is 10.4 Å². The molecule has 74 valence electrons. The Bertz CT molecular complexity index is 198. The van der Waals surface area contributed by atoms with E-state index in [-0.39, 0.29) is 11.7 Å². The highest BCUT2D eigenvalue weighted by molar-refractivity contribution is 6.35. The van der Waals surface area contributed by atoms with Crippen molar-refractivity contribution in [3.63, 3.8) is 0 Å². The van der Waals surface area contributed by atoms with E-state index in [4.69, 9.17) is 0 Å². The summed E-state index contributed by atoms with van der Waals surface area (Å²) in [6.07, 6.45) is 3.15. The third kappa shape index (κ3) is 2.81. The normalized spacial score (nSPS) is 17.2. The van der Waals surface area contributed by atoms with Crippen LogP contribution in [0, 0.1) is 0 Å². The highest BCUT2D eigenvalue weighted by Crippen LogP contribution is 2.02. The summed E-state index contributed by atoms with van der Waals surface area (Å²) in [5.74, 6) is -0.654. The number of hydrogen-bond donors (Lipinski definition) is 1. The summed E-state index contributed by atoms with van der Waals surface area (Å²) in [5.41, 5.74) is 2.92. The first-order valence-electron chi connectivity index (χ1n) is 4.84. The van der Waals surface area contributed by atoms with Crippen molar-refractivity contribution >= 4 is 11.7 Å². The molecule has 0 aliphatic carbocycles. The average molecular weight is 184 g/mol. The Morgan fingerprint density at radius 3 is 2.69 bits per heavy atom. The molecule has 1 aliphatic heterocycles. The zero-order valence-electron chi connectivity index (χ0n) is 8.01.